The van der Waals surface area contributed by atoms with Crippen molar-refractivity contribution in [3.05, 3.63) is 379 Å². The molecule has 1 aliphatic rings. The van der Waals surface area contributed by atoms with Crippen molar-refractivity contribution in [1.29, 1.82) is 0 Å². The van der Waals surface area contributed by atoms with Crippen LogP contribution in [0.1, 0.15) is 57.9 Å². The molecule has 0 amide bonds. The first-order valence-electron chi connectivity index (χ1n) is 37.1. The average Bonchev–Trinajstić information content (AvgIpc) is 0.962. The summed E-state index contributed by atoms with van der Waals surface area (Å²) in [5.74, 6) is 7.74. The molecule has 0 saturated carbocycles. The largest absolute Gasteiger partial charge is 0.293 e. The second kappa shape index (κ2) is 29.6. The fourth-order valence-electron chi connectivity index (χ4n) is 15.1. The van der Waals surface area contributed by atoms with E-state index in [1.165, 1.54) is 33.4 Å². The first-order valence-corrected chi connectivity index (χ1v) is 37.1. The molecule has 1 aliphatic carbocycles. The van der Waals surface area contributed by atoms with Crippen LogP contribution in [0.3, 0.4) is 0 Å². The lowest BCUT2D eigenvalue weighted by molar-refractivity contribution is 0.937. The molecule has 0 unspecified atom stereocenters. The van der Waals surface area contributed by atoms with Crippen LogP contribution < -0.4 is 0 Å². The van der Waals surface area contributed by atoms with Crippen molar-refractivity contribution in [1.82, 2.24) is 34.5 Å². The zero-order chi connectivity index (χ0) is 74.1. The fourth-order valence-corrected chi connectivity index (χ4v) is 15.1. The van der Waals surface area contributed by atoms with Gasteiger partial charge in [-0.25, -0.2) is 9.97 Å². The molecule has 109 heavy (non-hydrogen) atoms. The van der Waals surface area contributed by atoms with E-state index in [1.807, 2.05) is 109 Å². The number of aromatic nitrogens is 7. The molecule has 0 bridgehead atoms. The maximum Gasteiger partial charge on any atom is 0.233 e. The molecule has 0 atom stereocenters. The number of benzene rings is 10. The van der Waals surface area contributed by atoms with Gasteiger partial charge in [0, 0.05) is 94.9 Å². The summed E-state index contributed by atoms with van der Waals surface area (Å²) < 4.78 is 1.96. The Labute approximate surface area is 638 Å². The lowest BCUT2D eigenvalue weighted by Gasteiger charge is -2.22. The zero-order valence-corrected chi connectivity index (χ0v) is 62.0. The molecule has 7 nitrogen and oxygen atoms in total. The van der Waals surface area contributed by atoms with Crippen LogP contribution in [0.25, 0.3) is 162 Å². The summed E-state index contributed by atoms with van der Waals surface area (Å²) >= 11 is 0. The maximum atomic E-state index is 5.21. The van der Waals surface area contributed by atoms with Gasteiger partial charge in [0.2, 0.25) is 5.95 Å². The zero-order valence-electron chi connectivity index (χ0n) is 62.0. The number of hydrogen-bond donors (Lipinski definition) is 0. The summed E-state index contributed by atoms with van der Waals surface area (Å²) in [5.41, 5.74) is 39.6. The van der Waals surface area contributed by atoms with Gasteiger partial charge in [-0.1, -0.05) is 194 Å². The topological polar surface area (TPSA) is 82.3 Å². The van der Waals surface area contributed by atoms with Gasteiger partial charge in [0.25, 0.3) is 0 Å². The van der Waals surface area contributed by atoms with Crippen LogP contribution in [0.15, 0.2) is 334 Å². The predicted molar refractivity (Wildman–Crippen MR) is 451 cm³/mol. The van der Waals surface area contributed by atoms with Gasteiger partial charge in [-0.2, -0.15) is 0 Å². The van der Waals surface area contributed by atoms with Gasteiger partial charge in [0.05, 0.1) is 22.8 Å². The van der Waals surface area contributed by atoms with Gasteiger partial charge in [-0.05, 0) is 290 Å². The van der Waals surface area contributed by atoms with E-state index in [0.717, 1.165) is 173 Å². The van der Waals surface area contributed by atoms with Crippen molar-refractivity contribution in [2.75, 3.05) is 0 Å². The number of pyridine rings is 4. The molecule has 7 heteroatoms. The smallest absolute Gasteiger partial charge is 0.233 e. The van der Waals surface area contributed by atoms with E-state index in [1.54, 1.807) is 0 Å². The number of allylic oxidation sites excluding steroid dienone is 4. The molecule has 0 radical (unpaired) electrons. The summed E-state index contributed by atoms with van der Waals surface area (Å²) in [6.45, 7) is 15.4. The molecule has 16 aromatic rings. The highest BCUT2D eigenvalue weighted by Gasteiger charge is 2.25. The third-order valence-corrected chi connectivity index (χ3v) is 21.3. The van der Waals surface area contributed by atoms with E-state index >= 15 is 0 Å². The Kier molecular flexibility index (Phi) is 18.6. The number of hydrogen-bond acceptors (Lipinski definition) is 6. The average molecular weight is 1400 g/mol. The minimum atomic E-state index is 0.513. The molecular weight excluding hydrogens is 1320 g/mol. The summed E-state index contributed by atoms with van der Waals surface area (Å²) in [7, 11) is 0. The van der Waals surface area contributed by atoms with Crippen molar-refractivity contribution in [2.24, 2.45) is 0 Å². The summed E-state index contributed by atoms with van der Waals surface area (Å²) in [6.07, 6.45) is 18.4. The van der Waals surface area contributed by atoms with Gasteiger partial charge in [0.15, 0.2) is 0 Å². The minimum Gasteiger partial charge on any atom is -0.293 e. The molecule has 10 aromatic carbocycles. The Morgan fingerprint density at radius 3 is 1.05 bits per heavy atom. The number of aryl methyl sites for hydroxylation is 6. The highest BCUT2D eigenvalue weighted by molar-refractivity contribution is 6.03. The van der Waals surface area contributed by atoms with Gasteiger partial charge in [-0.3, -0.25) is 24.5 Å². The molecule has 0 N–H and O–H groups in total. The SMILES string of the molecule is CC1=CC(c2ccc(-c3ccccn3)cc2)=C(c2cc(-c3cc(C)c(C)cc3-c3ccc(-c4ccccc4)nc3)cc(-c3cccc(-c4cc(-c5cc(C)c(C)cc5-c5ccc(-c6ccccn6)cc5)cc(-c5cc(C)c(C)cc5-c5ccc(-c6ccccn6)cc5)c4)c3-c3cnc(-n4cccc4)nc3)c2)CC#C1. The second-order valence-electron chi connectivity index (χ2n) is 28.5. The van der Waals surface area contributed by atoms with Crippen LogP contribution in [-0.4, -0.2) is 34.5 Å². The highest BCUT2D eigenvalue weighted by atomic mass is 15.1. The number of nitrogens with zero attached hydrogens (tertiary/aromatic N) is 7. The maximum absolute atomic E-state index is 5.21. The molecule has 0 aliphatic heterocycles. The monoisotopic (exact) mass is 1400 g/mol. The second-order valence-corrected chi connectivity index (χ2v) is 28.5. The Morgan fingerprint density at radius 1 is 0.266 bits per heavy atom. The van der Waals surface area contributed by atoms with E-state index in [-0.39, 0.29) is 0 Å². The first kappa shape index (κ1) is 68.3. The van der Waals surface area contributed by atoms with Crippen molar-refractivity contribution >= 4 is 11.1 Å². The van der Waals surface area contributed by atoms with Gasteiger partial charge in [-0.15, -0.1) is 0 Å². The molecule has 6 heterocycles. The quantitative estimate of drug-likeness (QED) is 0.0897. The third-order valence-electron chi connectivity index (χ3n) is 21.3. The van der Waals surface area contributed by atoms with E-state index in [9.17, 15) is 0 Å². The Hall–Kier alpha value is -13.8. The Bertz CT molecular complexity index is 6070. The van der Waals surface area contributed by atoms with Crippen LogP contribution in [0.4, 0.5) is 0 Å². The summed E-state index contributed by atoms with van der Waals surface area (Å²) in [6, 6.07) is 99.0. The molecule has 6 aromatic heterocycles. The standard InChI is InChI=1S/C102H77N7/c1-65-21-19-24-87(90(49-65)72-30-36-76(37-31-72)97-27-11-14-44-103-97)80-56-81(58-83(57-80)96-55-71(7)68(4)52-93(96)79-42-43-100(106-62-79)75-22-9-8-10-23-75)88-25-20-26-89(101(88)86-63-107-102(108-64-86)109-47-17-18-48-109)82-59-84(94-53-69(5)66(2)50-91(94)73-32-38-77(39-33-73)98-28-12-15-45-104-98)61-85(60-82)95-54-70(6)67(3)51-92(95)74-34-40-78(41-35-74)99-29-13-16-46-105-99/h8-18,20,22-23,25-64H,24H2,1-7H3. The lowest BCUT2D eigenvalue weighted by Crippen LogP contribution is -2.00. The molecule has 0 saturated heterocycles. The van der Waals surface area contributed by atoms with E-state index in [0.29, 0.717) is 12.4 Å². The van der Waals surface area contributed by atoms with Crippen molar-refractivity contribution in [3.8, 4) is 163 Å². The van der Waals surface area contributed by atoms with E-state index < -0.39 is 0 Å². The van der Waals surface area contributed by atoms with Crippen LogP contribution in [0, 0.1) is 53.4 Å². The van der Waals surface area contributed by atoms with Crippen LogP contribution in [0.2, 0.25) is 0 Å². The van der Waals surface area contributed by atoms with Crippen LogP contribution >= 0.6 is 0 Å². The molecule has 17 rings (SSSR count). The Balaban J connectivity index is 0.930. The van der Waals surface area contributed by atoms with Crippen LogP contribution in [0.5, 0.6) is 0 Å². The molecule has 0 spiro atoms. The Morgan fingerprint density at radius 2 is 0.624 bits per heavy atom. The molecule has 520 valence electrons. The summed E-state index contributed by atoms with van der Waals surface area (Å²) in [5, 5.41) is 0. The minimum absolute atomic E-state index is 0.513. The third kappa shape index (κ3) is 14.0. The van der Waals surface area contributed by atoms with Gasteiger partial charge < -0.3 is 0 Å². The molecule has 0 fully saturated rings. The lowest BCUT2D eigenvalue weighted by atomic mass is 9.82. The predicted octanol–water partition coefficient (Wildman–Crippen LogP) is 25.6. The van der Waals surface area contributed by atoms with Gasteiger partial charge in [0.1, 0.15) is 0 Å². The number of rotatable bonds is 16. The van der Waals surface area contributed by atoms with E-state index in [2.05, 4.69) is 285 Å². The van der Waals surface area contributed by atoms with Gasteiger partial charge >= 0.3 is 0 Å². The van der Waals surface area contributed by atoms with Crippen molar-refractivity contribution in [3.63, 3.8) is 0 Å². The fraction of sp³-hybridized carbons (Fsp3) is 0.0784. The summed E-state index contributed by atoms with van der Waals surface area (Å²) in [4.78, 5) is 29.8. The van der Waals surface area contributed by atoms with Crippen LogP contribution in [-0.2, 0) is 0 Å². The van der Waals surface area contributed by atoms with Crippen molar-refractivity contribution < 1.29 is 0 Å². The van der Waals surface area contributed by atoms with E-state index in [4.69, 9.17) is 29.9 Å². The highest BCUT2D eigenvalue weighted by Crippen LogP contribution is 2.49. The van der Waals surface area contributed by atoms with Crippen molar-refractivity contribution in [2.45, 2.75) is 54.9 Å². The first-order chi connectivity index (χ1) is 53.4. The normalized spacial score (nSPS) is 12.0. The molecular formula is C102H77N7.